The van der Waals surface area contributed by atoms with Crippen LogP contribution in [-0.2, 0) is 0 Å². The summed E-state index contributed by atoms with van der Waals surface area (Å²) in [7, 11) is 1.62. The molecule has 5 nitrogen and oxygen atoms in total. The Morgan fingerprint density at radius 1 is 1.53 bits per heavy atom. The SMILES string of the molecule is CC(CC(N)=NO)N(C)C(=O)c1cccc(Cl)c1Cl. The molecule has 0 radical (unpaired) electrons. The minimum Gasteiger partial charge on any atom is -0.409 e. The van der Waals surface area contributed by atoms with Gasteiger partial charge in [0.2, 0.25) is 0 Å². The van der Waals surface area contributed by atoms with Gasteiger partial charge in [-0.1, -0.05) is 34.4 Å². The molecular weight excluding hydrogens is 289 g/mol. The summed E-state index contributed by atoms with van der Waals surface area (Å²) in [5.74, 6) is -0.213. The van der Waals surface area contributed by atoms with Gasteiger partial charge in [-0.05, 0) is 19.1 Å². The molecule has 19 heavy (non-hydrogen) atoms. The Labute approximate surface area is 121 Å². The Morgan fingerprint density at radius 2 is 2.16 bits per heavy atom. The largest absolute Gasteiger partial charge is 0.409 e. The van der Waals surface area contributed by atoms with Crippen molar-refractivity contribution >= 4 is 34.9 Å². The van der Waals surface area contributed by atoms with Crippen molar-refractivity contribution in [2.75, 3.05) is 7.05 Å². The molecular formula is C12H15Cl2N3O2. The predicted octanol–water partition coefficient (Wildman–Crippen LogP) is 2.59. The third kappa shape index (κ3) is 3.75. The number of carbonyl (C=O) groups excluding carboxylic acids is 1. The average molecular weight is 304 g/mol. The molecule has 1 rings (SSSR count). The van der Waals surface area contributed by atoms with Crippen molar-refractivity contribution in [1.82, 2.24) is 4.90 Å². The maximum Gasteiger partial charge on any atom is 0.255 e. The second-order valence-corrected chi connectivity index (χ2v) is 4.95. The average Bonchev–Trinajstić information content (AvgIpc) is 2.39. The lowest BCUT2D eigenvalue weighted by Crippen LogP contribution is -2.37. The lowest BCUT2D eigenvalue weighted by molar-refractivity contribution is 0.0747. The Kier molecular flexibility index (Phi) is 5.44. The van der Waals surface area contributed by atoms with E-state index in [1.54, 1.807) is 32.2 Å². The first kappa shape index (κ1) is 15.6. The first-order valence-electron chi connectivity index (χ1n) is 5.56. The fourth-order valence-corrected chi connectivity index (χ4v) is 1.92. The van der Waals surface area contributed by atoms with Gasteiger partial charge < -0.3 is 15.8 Å². The van der Waals surface area contributed by atoms with Crippen LogP contribution in [0, 0.1) is 0 Å². The fourth-order valence-electron chi connectivity index (χ4n) is 1.54. The van der Waals surface area contributed by atoms with Crippen LogP contribution < -0.4 is 5.73 Å². The van der Waals surface area contributed by atoms with Crippen LogP contribution in [0.2, 0.25) is 10.0 Å². The quantitative estimate of drug-likeness (QED) is 0.388. The van der Waals surface area contributed by atoms with E-state index in [4.69, 9.17) is 34.1 Å². The fraction of sp³-hybridized carbons (Fsp3) is 0.333. The molecule has 0 aliphatic rings. The van der Waals surface area contributed by atoms with E-state index in [0.29, 0.717) is 10.6 Å². The molecule has 0 fully saturated rings. The summed E-state index contributed by atoms with van der Waals surface area (Å²) < 4.78 is 0. The van der Waals surface area contributed by atoms with Crippen molar-refractivity contribution in [3.05, 3.63) is 33.8 Å². The van der Waals surface area contributed by atoms with E-state index in [1.807, 2.05) is 0 Å². The molecule has 0 saturated carbocycles. The van der Waals surface area contributed by atoms with Gasteiger partial charge in [0.25, 0.3) is 5.91 Å². The van der Waals surface area contributed by atoms with Crippen LogP contribution >= 0.6 is 23.2 Å². The van der Waals surface area contributed by atoms with E-state index < -0.39 is 0 Å². The highest BCUT2D eigenvalue weighted by Crippen LogP contribution is 2.26. The van der Waals surface area contributed by atoms with Crippen LogP contribution in [0.25, 0.3) is 0 Å². The predicted molar refractivity (Wildman–Crippen MR) is 76.0 cm³/mol. The number of carbonyl (C=O) groups is 1. The number of hydrogen-bond acceptors (Lipinski definition) is 3. The molecule has 7 heteroatoms. The van der Waals surface area contributed by atoms with Gasteiger partial charge in [-0.3, -0.25) is 4.79 Å². The number of hydrogen-bond donors (Lipinski definition) is 2. The number of benzene rings is 1. The zero-order chi connectivity index (χ0) is 14.6. The second kappa shape index (κ2) is 6.63. The third-order valence-electron chi connectivity index (χ3n) is 2.80. The van der Waals surface area contributed by atoms with Crippen molar-refractivity contribution < 1.29 is 10.0 Å². The molecule has 104 valence electrons. The smallest absolute Gasteiger partial charge is 0.255 e. The van der Waals surface area contributed by atoms with Crippen molar-refractivity contribution in [3.8, 4) is 0 Å². The molecule has 1 aromatic carbocycles. The first-order chi connectivity index (χ1) is 8.88. The Bertz CT molecular complexity index is 506. The molecule has 0 spiro atoms. The van der Waals surface area contributed by atoms with E-state index in [1.165, 1.54) is 4.90 Å². The van der Waals surface area contributed by atoms with Crippen LogP contribution in [0.15, 0.2) is 23.4 Å². The van der Waals surface area contributed by atoms with Crippen molar-refractivity contribution in [2.24, 2.45) is 10.9 Å². The minimum atomic E-state index is -0.272. The molecule has 1 atom stereocenters. The van der Waals surface area contributed by atoms with Crippen LogP contribution in [0.5, 0.6) is 0 Å². The topological polar surface area (TPSA) is 78.9 Å². The molecule has 1 unspecified atom stereocenters. The molecule has 1 amide bonds. The van der Waals surface area contributed by atoms with Crippen molar-refractivity contribution in [1.29, 1.82) is 0 Å². The lowest BCUT2D eigenvalue weighted by Gasteiger charge is -2.25. The maximum atomic E-state index is 12.3. The Morgan fingerprint density at radius 3 is 2.74 bits per heavy atom. The van der Waals surface area contributed by atoms with Crippen molar-refractivity contribution in [3.63, 3.8) is 0 Å². The normalized spacial score (nSPS) is 13.2. The monoisotopic (exact) mass is 303 g/mol. The lowest BCUT2D eigenvalue weighted by atomic mass is 10.1. The zero-order valence-electron chi connectivity index (χ0n) is 10.6. The number of nitrogens with zero attached hydrogens (tertiary/aromatic N) is 2. The number of oxime groups is 1. The van der Waals surface area contributed by atoms with Gasteiger partial charge >= 0.3 is 0 Å². The highest BCUT2D eigenvalue weighted by molar-refractivity contribution is 6.43. The number of amides is 1. The van der Waals surface area contributed by atoms with Gasteiger partial charge in [0.1, 0.15) is 5.84 Å². The van der Waals surface area contributed by atoms with Crippen LogP contribution in [0.3, 0.4) is 0 Å². The van der Waals surface area contributed by atoms with E-state index in [9.17, 15) is 4.79 Å². The molecule has 1 aromatic rings. The summed E-state index contributed by atoms with van der Waals surface area (Å²) in [6, 6.07) is 4.63. The van der Waals surface area contributed by atoms with Crippen LogP contribution in [0.1, 0.15) is 23.7 Å². The highest BCUT2D eigenvalue weighted by Gasteiger charge is 2.21. The maximum absolute atomic E-state index is 12.3. The van der Waals surface area contributed by atoms with Crippen LogP contribution in [-0.4, -0.2) is 34.9 Å². The minimum absolute atomic E-state index is 0.0596. The van der Waals surface area contributed by atoms with Crippen molar-refractivity contribution in [2.45, 2.75) is 19.4 Å². The number of rotatable bonds is 4. The summed E-state index contributed by atoms with van der Waals surface area (Å²) in [6.07, 6.45) is 0.261. The standard InChI is InChI=1S/C12H15Cl2N3O2/c1-7(6-10(15)16-19)17(2)12(18)8-4-3-5-9(13)11(8)14/h3-5,7,19H,6H2,1-2H3,(H2,15,16). The molecule has 0 aliphatic carbocycles. The second-order valence-electron chi connectivity index (χ2n) is 4.16. The molecule has 0 aromatic heterocycles. The molecule has 3 N–H and O–H groups in total. The van der Waals surface area contributed by atoms with E-state index >= 15 is 0 Å². The van der Waals surface area contributed by atoms with Gasteiger partial charge in [0, 0.05) is 19.5 Å². The first-order valence-corrected chi connectivity index (χ1v) is 6.31. The summed E-state index contributed by atoms with van der Waals surface area (Å²) in [6.45, 7) is 1.79. The van der Waals surface area contributed by atoms with Gasteiger partial charge in [-0.2, -0.15) is 0 Å². The van der Waals surface area contributed by atoms with Gasteiger partial charge in [-0.15, -0.1) is 0 Å². The number of nitrogens with two attached hydrogens (primary N) is 1. The van der Waals surface area contributed by atoms with Crippen LogP contribution in [0.4, 0.5) is 0 Å². The molecule has 0 heterocycles. The van der Waals surface area contributed by atoms with Gasteiger partial charge in [0.15, 0.2) is 0 Å². The highest BCUT2D eigenvalue weighted by atomic mass is 35.5. The van der Waals surface area contributed by atoms with E-state index in [0.717, 1.165) is 0 Å². The Balaban J connectivity index is 2.90. The van der Waals surface area contributed by atoms with Gasteiger partial charge in [0.05, 0.1) is 15.6 Å². The molecule has 0 bridgehead atoms. The summed E-state index contributed by atoms with van der Waals surface area (Å²) >= 11 is 11.9. The summed E-state index contributed by atoms with van der Waals surface area (Å²) in [5.41, 5.74) is 5.74. The molecule has 0 saturated heterocycles. The van der Waals surface area contributed by atoms with Gasteiger partial charge in [-0.25, -0.2) is 0 Å². The Hall–Kier alpha value is -1.46. The summed E-state index contributed by atoms with van der Waals surface area (Å²) in [4.78, 5) is 13.7. The van der Waals surface area contributed by atoms with E-state index in [2.05, 4.69) is 5.16 Å². The third-order valence-corrected chi connectivity index (χ3v) is 3.62. The number of halogens is 2. The summed E-state index contributed by atoms with van der Waals surface area (Å²) in [5, 5.41) is 11.9. The number of amidine groups is 1. The van der Waals surface area contributed by atoms with E-state index in [-0.39, 0.29) is 29.2 Å². The molecule has 0 aliphatic heterocycles. The zero-order valence-corrected chi connectivity index (χ0v) is 12.1.